The van der Waals surface area contributed by atoms with E-state index in [1.54, 1.807) is 0 Å². The lowest BCUT2D eigenvalue weighted by Gasteiger charge is -2.18. The monoisotopic (exact) mass is 919 g/mol. The summed E-state index contributed by atoms with van der Waals surface area (Å²) < 4.78 is 16.9. The van der Waals surface area contributed by atoms with Crippen LogP contribution in [0.5, 0.6) is 0 Å². The van der Waals surface area contributed by atoms with E-state index >= 15 is 0 Å². The van der Waals surface area contributed by atoms with E-state index in [1.165, 1.54) is 231 Å². The van der Waals surface area contributed by atoms with Crippen molar-refractivity contribution in [2.45, 2.75) is 342 Å². The molecule has 0 aliphatic rings. The Morgan fingerprint density at radius 3 is 0.754 bits per heavy atom. The molecule has 0 unspecified atom stereocenters. The molecule has 1 atom stereocenters. The lowest BCUT2D eigenvalue weighted by atomic mass is 10.0. The van der Waals surface area contributed by atoms with Gasteiger partial charge in [0.05, 0.1) is 0 Å². The molecule has 0 aromatic heterocycles. The van der Waals surface area contributed by atoms with Crippen molar-refractivity contribution in [3.63, 3.8) is 0 Å². The normalized spacial score (nSPS) is 12.0. The van der Waals surface area contributed by atoms with Crippen LogP contribution in [-0.4, -0.2) is 37.2 Å². The van der Waals surface area contributed by atoms with E-state index in [-0.39, 0.29) is 31.1 Å². The van der Waals surface area contributed by atoms with Gasteiger partial charge in [-0.15, -0.1) is 0 Å². The highest BCUT2D eigenvalue weighted by Crippen LogP contribution is 2.18. The van der Waals surface area contributed by atoms with Crippen LogP contribution in [-0.2, 0) is 28.6 Å². The number of carbonyl (C=O) groups is 3. The van der Waals surface area contributed by atoms with E-state index in [4.69, 9.17) is 14.2 Å². The lowest BCUT2D eigenvalue weighted by molar-refractivity contribution is -0.167. The van der Waals surface area contributed by atoms with Crippen molar-refractivity contribution in [1.82, 2.24) is 0 Å². The Hall–Kier alpha value is -1.59. The summed E-state index contributed by atoms with van der Waals surface area (Å²) in [7, 11) is 0. The van der Waals surface area contributed by atoms with Crippen LogP contribution in [0.15, 0.2) is 0 Å². The highest BCUT2D eigenvalue weighted by Gasteiger charge is 2.19. The molecule has 0 aliphatic carbocycles. The van der Waals surface area contributed by atoms with Crippen LogP contribution >= 0.6 is 0 Å². The minimum Gasteiger partial charge on any atom is -0.462 e. The smallest absolute Gasteiger partial charge is 0.306 e. The van der Waals surface area contributed by atoms with Gasteiger partial charge < -0.3 is 14.2 Å². The number of ether oxygens (including phenoxy) is 3. The molecule has 0 heterocycles. The van der Waals surface area contributed by atoms with Gasteiger partial charge in [-0.3, -0.25) is 14.4 Å². The zero-order valence-corrected chi connectivity index (χ0v) is 44.5. The van der Waals surface area contributed by atoms with Crippen LogP contribution in [0.1, 0.15) is 336 Å². The van der Waals surface area contributed by atoms with Gasteiger partial charge in [-0.2, -0.15) is 0 Å². The average Bonchev–Trinajstić information content (AvgIpc) is 3.29. The maximum atomic E-state index is 12.8. The average molecular weight is 920 g/mol. The maximum absolute atomic E-state index is 12.8. The molecule has 0 saturated heterocycles. The SMILES string of the molecule is CCCCCCCCCCCCCCCCCCCCC(=O)OC[C@@H](COC(=O)CCCCCCCCCCCCC(C)C)OC(=O)CCCCCCCCCCCCCCCCCC. The molecule has 0 N–H and O–H groups in total. The first-order chi connectivity index (χ1) is 31.9. The van der Waals surface area contributed by atoms with E-state index < -0.39 is 6.10 Å². The van der Waals surface area contributed by atoms with Gasteiger partial charge in [0, 0.05) is 19.3 Å². The second-order valence-electron chi connectivity index (χ2n) is 20.8. The van der Waals surface area contributed by atoms with Gasteiger partial charge in [-0.25, -0.2) is 0 Å². The van der Waals surface area contributed by atoms with Gasteiger partial charge in [0.1, 0.15) is 13.2 Å². The minimum absolute atomic E-state index is 0.0619. The maximum Gasteiger partial charge on any atom is 0.306 e. The molecule has 65 heavy (non-hydrogen) atoms. The molecule has 0 aromatic carbocycles. The zero-order chi connectivity index (χ0) is 47.4. The first-order valence-electron chi connectivity index (χ1n) is 29.4. The van der Waals surface area contributed by atoms with Crippen molar-refractivity contribution in [2.24, 2.45) is 5.92 Å². The molecule has 6 heteroatoms. The fourth-order valence-corrected chi connectivity index (χ4v) is 9.10. The van der Waals surface area contributed by atoms with Crippen LogP contribution in [0.4, 0.5) is 0 Å². The van der Waals surface area contributed by atoms with Crippen molar-refractivity contribution in [3.8, 4) is 0 Å². The number of hydrogen-bond donors (Lipinski definition) is 0. The molecular formula is C59H114O6. The van der Waals surface area contributed by atoms with Crippen molar-refractivity contribution in [2.75, 3.05) is 13.2 Å². The van der Waals surface area contributed by atoms with Crippen LogP contribution in [0, 0.1) is 5.92 Å². The van der Waals surface area contributed by atoms with Crippen molar-refractivity contribution in [1.29, 1.82) is 0 Å². The Balaban J connectivity index is 4.28. The van der Waals surface area contributed by atoms with Gasteiger partial charge in [0.15, 0.2) is 6.10 Å². The molecule has 0 amide bonds. The third kappa shape index (κ3) is 53.2. The molecule has 0 fully saturated rings. The number of carbonyl (C=O) groups excluding carboxylic acids is 3. The molecule has 0 bridgehead atoms. The summed E-state index contributed by atoms with van der Waals surface area (Å²) in [4.78, 5) is 38.1. The molecule has 0 radical (unpaired) electrons. The summed E-state index contributed by atoms with van der Waals surface area (Å²) in [5.41, 5.74) is 0. The Bertz CT molecular complexity index is 980. The number of esters is 3. The van der Waals surface area contributed by atoms with Crippen LogP contribution in [0.25, 0.3) is 0 Å². The Kier molecular flexibility index (Phi) is 52.1. The summed E-state index contributed by atoms with van der Waals surface area (Å²) in [5, 5.41) is 0. The number of rotatable bonds is 54. The summed E-state index contributed by atoms with van der Waals surface area (Å²) in [5.74, 6) is -0.0167. The van der Waals surface area contributed by atoms with Crippen molar-refractivity contribution in [3.05, 3.63) is 0 Å². The summed E-state index contributed by atoms with van der Waals surface area (Å²) >= 11 is 0. The van der Waals surface area contributed by atoms with E-state index in [9.17, 15) is 14.4 Å². The molecule has 0 rings (SSSR count). The Labute approximate surface area is 406 Å². The molecule has 0 spiro atoms. The zero-order valence-electron chi connectivity index (χ0n) is 44.5. The van der Waals surface area contributed by atoms with Crippen molar-refractivity contribution >= 4 is 17.9 Å². The molecule has 0 aliphatic heterocycles. The standard InChI is InChI=1S/C59H114O6/c1-5-7-9-11-13-15-17-19-21-23-24-26-27-29-34-38-42-46-50-57(60)63-53-56(54-64-58(61)51-47-43-39-35-32-31-33-37-41-45-49-55(3)4)65-59(62)52-48-44-40-36-30-28-25-22-20-18-16-14-12-10-8-6-2/h55-56H,5-54H2,1-4H3/t56-/m0/s1. The second kappa shape index (κ2) is 53.4. The minimum atomic E-state index is -0.762. The first kappa shape index (κ1) is 63.4. The van der Waals surface area contributed by atoms with E-state index in [1.807, 2.05) is 0 Å². The summed E-state index contributed by atoms with van der Waals surface area (Å²) in [6.07, 6.45) is 58.1. The quantitative estimate of drug-likeness (QED) is 0.0344. The predicted molar refractivity (Wildman–Crippen MR) is 280 cm³/mol. The number of hydrogen-bond acceptors (Lipinski definition) is 6. The van der Waals surface area contributed by atoms with Gasteiger partial charge in [-0.1, -0.05) is 297 Å². The van der Waals surface area contributed by atoms with E-state index in [2.05, 4.69) is 27.7 Å². The van der Waals surface area contributed by atoms with Crippen LogP contribution < -0.4 is 0 Å². The summed E-state index contributed by atoms with van der Waals surface area (Å²) in [6, 6.07) is 0. The fraction of sp³-hybridized carbons (Fsp3) is 0.949. The van der Waals surface area contributed by atoms with Gasteiger partial charge in [-0.05, 0) is 25.2 Å². The fourth-order valence-electron chi connectivity index (χ4n) is 9.10. The largest absolute Gasteiger partial charge is 0.462 e. The third-order valence-electron chi connectivity index (χ3n) is 13.5. The predicted octanol–water partition coefficient (Wildman–Crippen LogP) is 19.4. The van der Waals surface area contributed by atoms with Crippen molar-refractivity contribution < 1.29 is 28.6 Å². The molecule has 386 valence electrons. The molecule has 0 saturated carbocycles. The topological polar surface area (TPSA) is 78.9 Å². The van der Waals surface area contributed by atoms with E-state index in [0.717, 1.165) is 63.7 Å². The molecule has 0 aromatic rings. The Morgan fingerprint density at radius 2 is 0.508 bits per heavy atom. The van der Waals surface area contributed by atoms with Gasteiger partial charge in [0.2, 0.25) is 0 Å². The Morgan fingerprint density at radius 1 is 0.292 bits per heavy atom. The lowest BCUT2D eigenvalue weighted by Crippen LogP contribution is -2.30. The third-order valence-corrected chi connectivity index (χ3v) is 13.5. The number of unbranched alkanes of at least 4 members (excludes halogenated alkanes) is 41. The highest BCUT2D eigenvalue weighted by atomic mass is 16.6. The molecular weight excluding hydrogens is 805 g/mol. The molecule has 6 nitrogen and oxygen atoms in total. The first-order valence-corrected chi connectivity index (χ1v) is 29.4. The highest BCUT2D eigenvalue weighted by molar-refractivity contribution is 5.71. The van der Waals surface area contributed by atoms with E-state index in [0.29, 0.717) is 19.3 Å². The van der Waals surface area contributed by atoms with Crippen LogP contribution in [0.2, 0.25) is 0 Å². The van der Waals surface area contributed by atoms with Crippen LogP contribution in [0.3, 0.4) is 0 Å². The summed E-state index contributed by atoms with van der Waals surface area (Å²) in [6.45, 7) is 9.05. The van der Waals surface area contributed by atoms with Gasteiger partial charge in [0.25, 0.3) is 0 Å². The second-order valence-corrected chi connectivity index (χ2v) is 20.8. The van der Waals surface area contributed by atoms with Gasteiger partial charge >= 0.3 is 17.9 Å².